The van der Waals surface area contributed by atoms with Gasteiger partial charge in [0.25, 0.3) is 5.56 Å². The van der Waals surface area contributed by atoms with Crippen LogP contribution in [0.1, 0.15) is 23.1 Å². The maximum atomic E-state index is 12.3. The summed E-state index contributed by atoms with van der Waals surface area (Å²) in [4.78, 5) is 29.1. The van der Waals surface area contributed by atoms with Crippen LogP contribution in [-0.4, -0.2) is 21.0 Å². The molecule has 0 amide bonds. The monoisotopic (exact) mass is 356 g/mol. The predicted octanol–water partition coefficient (Wildman–Crippen LogP) is 3.43. The maximum Gasteiger partial charge on any atom is 0.303 e. The maximum absolute atomic E-state index is 12.3. The zero-order valence-corrected chi connectivity index (χ0v) is 14.4. The summed E-state index contributed by atoms with van der Waals surface area (Å²) in [6.07, 6.45) is 2.08. The minimum atomic E-state index is -0.868. The second kappa shape index (κ2) is 6.85. The standard InChI is InChI=1S/C22H16N2O3/c25-19(26)11-9-16-13-23-21-20(16)17-12-15(8-10-18(17)24-22(21)27)7-6-14-4-2-1-3-5-14/h1-5,8,10,12-13,23H,9,11H2,(H,24,27)(H,25,26). The lowest BCUT2D eigenvalue weighted by Gasteiger charge is -2.04. The van der Waals surface area contributed by atoms with Crippen molar-refractivity contribution in [3.05, 3.63) is 81.8 Å². The Labute approximate surface area is 154 Å². The Morgan fingerprint density at radius 3 is 2.59 bits per heavy atom. The molecule has 0 atom stereocenters. The van der Waals surface area contributed by atoms with Crippen LogP contribution in [0.25, 0.3) is 21.8 Å². The molecule has 0 bridgehead atoms. The van der Waals surface area contributed by atoms with E-state index in [1.54, 1.807) is 6.20 Å². The number of carbonyl (C=O) groups is 1. The van der Waals surface area contributed by atoms with E-state index in [1.807, 2.05) is 48.5 Å². The summed E-state index contributed by atoms with van der Waals surface area (Å²) in [6, 6.07) is 15.3. The molecule has 132 valence electrons. The topological polar surface area (TPSA) is 85.9 Å². The third-order valence-electron chi connectivity index (χ3n) is 4.46. The van der Waals surface area contributed by atoms with Gasteiger partial charge < -0.3 is 15.1 Å². The molecule has 2 aromatic carbocycles. The van der Waals surface area contributed by atoms with Crippen LogP contribution in [-0.2, 0) is 11.2 Å². The zero-order chi connectivity index (χ0) is 18.8. The molecule has 27 heavy (non-hydrogen) atoms. The van der Waals surface area contributed by atoms with Crippen molar-refractivity contribution in [2.24, 2.45) is 0 Å². The molecule has 0 fully saturated rings. The fourth-order valence-corrected chi connectivity index (χ4v) is 3.18. The smallest absolute Gasteiger partial charge is 0.303 e. The van der Waals surface area contributed by atoms with Crippen molar-refractivity contribution in [3.8, 4) is 11.8 Å². The Morgan fingerprint density at radius 1 is 1.04 bits per heavy atom. The first-order valence-corrected chi connectivity index (χ1v) is 8.57. The lowest BCUT2D eigenvalue weighted by Crippen LogP contribution is -2.06. The molecule has 4 aromatic rings. The molecule has 2 aromatic heterocycles. The fraction of sp³-hybridized carbons (Fsp3) is 0.0909. The highest BCUT2D eigenvalue weighted by Gasteiger charge is 2.13. The quantitative estimate of drug-likeness (QED) is 0.492. The van der Waals surface area contributed by atoms with Crippen LogP contribution in [0.2, 0.25) is 0 Å². The second-order valence-electron chi connectivity index (χ2n) is 6.29. The van der Waals surface area contributed by atoms with Crippen molar-refractivity contribution in [2.45, 2.75) is 12.8 Å². The largest absolute Gasteiger partial charge is 0.481 e. The van der Waals surface area contributed by atoms with Gasteiger partial charge >= 0.3 is 5.97 Å². The van der Waals surface area contributed by atoms with Gasteiger partial charge in [0, 0.05) is 40.0 Å². The summed E-state index contributed by atoms with van der Waals surface area (Å²) >= 11 is 0. The number of fused-ring (bicyclic) bond motifs is 3. The van der Waals surface area contributed by atoms with E-state index in [0.717, 1.165) is 27.5 Å². The lowest BCUT2D eigenvalue weighted by molar-refractivity contribution is -0.136. The van der Waals surface area contributed by atoms with E-state index in [1.165, 1.54) is 0 Å². The fourth-order valence-electron chi connectivity index (χ4n) is 3.18. The number of carboxylic acid groups (broad SMARTS) is 1. The van der Waals surface area contributed by atoms with Crippen molar-refractivity contribution < 1.29 is 9.90 Å². The third kappa shape index (κ3) is 3.33. The number of benzene rings is 2. The number of H-pyrrole nitrogens is 2. The number of carboxylic acids is 1. The molecule has 3 N–H and O–H groups in total. The van der Waals surface area contributed by atoms with Gasteiger partial charge in [0.1, 0.15) is 5.52 Å². The number of aliphatic carboxylic acids is 1. The van der Waals surface area contributed by atoms with E-state index < -0.39 is 5.97 Å². The number of aromatic nitrogens is 2. The molecule has 0 saturated heterocycles. The molecule has 2 heterocycles. The van der Waals surface area contributed by atoms with Gasteiger partial charge in [-0.2, -0.15) is 0 Å². The third-order valence-corrected chi connectivity index (χ3v) is 4.46. The molecule has 0 saturated carbocycles. The summed E-state index contributed by atoms with van der Waals surface area (Å²) in [5.41, 5.74) is 3.50. The molecule has 5 nitrogen and oxygen atoms in total. The highest BCUT2D eigenvalue weighted by molar-refractivity contribution is 6.06. The summed E-state index contributed by atoms with van der Waals surface area (Å²) < 4.78 is 0. The minimum Gasteiger partial charge on any atom is -0.481 e. The summed E-state index contributed by atoms with van der Waals surface area (Å²) in [7, 11) is 0. The average Bonchev–Trinajstić information content (AvgIpc) is 3.11. The summed E-state index contributed by atoms with van der Waals surface area (Å²) in [5, 5.41) is 10.6. The van der Waals surface area contributed by atoms with E-state index in [2.05, 4.69) is 21.8 Å². The molecule has 5 heteroatoms. The molecule has 0 radical (unpaired) electrons. The Kier molecular flexibility index (Phi) is 4.23. The molecular weight excluding hydrogens is 340 g/mol. The zero-order valence-electron chi connectivity index (χ0n) is 14.4. The number of aryl methyl sites for hydroxylation is 1. The highest BCUT2D eigenvalue weighted by atomic mass is 16.4. The van der Waals surface area contributed by atoms with Crippen LogP contribution in [0.3, 0.4) is 0 Å². The van der Waals surface area contributed by atoms with Gasteiger partial charge in [-0.15, -0.1) is 0 Å². The van der Waals surface area contributed by atoms with E-state index in [-0.39, 0.29) is 12.0 Å². The second-order valence-corrected chi connectivity index (χ2v) is 6.29. The van der Waals surface area contributed by atoms with Crippen molar-refractivity contribution >= 4 is 27.8 Å². The van der Waals surface area contributed by atoms with E-state index >= 15 is 0 Å². The van der Waals surface area contributed by atoms with Gasteiger partial charge in [-0.1, -0.05) is 30.0 Å². The SMILES string of the molecule is O=C(O)CCc1c[nH]c2c(=O)[nH]c3ccc(C#Cc4ccccc4)cc3c12. The number of pyridine rings is 1. The minimum absolute atomic E-state index is 0.00868. The van der Waals surface area contributed by atoms with Crippen LogP contribution in [0.5, 0.6) is 0 Å². The number of nitrogens with one attached hydrogen (secondary N) is 2. The van der Waals surface area contributed by atoms with Gasteiger partial charge in [0.05, 0.1) is 0 Å². The van der Waals surface area contributed by atoms with Crippen LogP contribution in [0.15, 0.2) is 59.5 Å². The van der Waals surface area contributed by atoms with Crippen LogP contribution >= 0.6 is 0 Å². The van der Waals surface area contributed by atoms with Gasteiger partial charge in [0.2, 0.25) is 0 Å². The van der Waals surface area contributed by atoms with Gasteiger partial charge in [-0.05, 0) is 42.3 Å². The summed E-state index contributed by atoms with van der Waals surface area (Å²) in [6.45, 7) is 0. The average molecular weight is 356 g/mol. The van der Waals surface area contributed by atoms with Gasteiger partial charge in [-0.25, -0.2) is 0 Å². The van der Waals surface area contributed by atoms with Crippen molar-refractivity contribution in [3.63, 3.8) is 0 Å². The van der Waals surface area contributed by atoms with E-state index in [0.29, 0.717) is 17.5 Å². The number of rotatable bonds is 3. The first kappa shape index (κ1) is 16.7. The van der Waals surface area contributed by atoms with Gasteiger partial charge in [-0.3, -0.25) is 9.59 Å². The Bertz CT molecular complexity index is 1270. The van der Waals surface area contributed by atoms with Crippen LogP contribution < -0.4 is 5.56 Å². The molecule has 0 aliphatic carbocycles. The number of aromatic amines is 2. The van der Waals surface area contributed by atoms with Gasteiger partial charge in [0.15, 0.2) is 0 Å². The molecule has 0 aliphatic heterocycles. The molecule has 0 spiro atoms. The Morgan fingerprint density at radius 2 is 1.81 bits per heavy atom. The molecule has 0 aliphatic rings. The first-order valence-electron chi connectivity index (χ1n) is 8.57. The van der Waals surface area contributed by atoms with Crippen LogP contribution in [0, 0.1) is 11.8 Å². The van der Waals surface area contributed by atoms with Crippen molar-refractivity contribution in [2.75, 3.05) is 0 Å². The Hall–Kier alpha value is -3.78. The first-order chi connectivity index (χ1) is 13.1. The Balaban J connectivity index is 1.86. The number of hydrogen-bond donors (Lipinski definition) is 3. The van der Waals surface area contributed by atoms with E-state index in [4.69, 9.17) is 5.11 Å². The highest BCUT2D eigenvalue weighted by Crippen LogP contribution is 2.26. The van der Waals surface area contributed by atoms with Crippen LogP contribution in [0.4, 0.5) is 0 Å². The molecule has 4 rings (SSSR count). The number of hydrogen-bond acceptors (Lipinski definition) is 2. The van der Waals surface area contributed by atoms with Crippen molar-refractivity contribution in [1.82, 2.24) is 9.97 Å². The summed E-state index contributed by atoms with van der Waals surface area (Å²) in [5.74, 6) is 5.41. The lowest BCUT2D eigenvalue weighted by atomic mass is 10.0. The van der Waals surface area contributed by atoms with Crippen molar-refractivity contribution in [1.29, 1.82) is 0 Å². The normalized spacial score (nSPS) is 10.7. The molecule has 0 unspecified atom stereocenters. The van der Waals surface area contributed by atoms with E-state index in [9.17, 15) is 9.59 Å². The molecular formula is C22H16N2O3. The predicted molar refractivity (Wildman–Crippen MR) is 105 cm³/mol.